The molecule has 17 heavy (non-hydrogen) atoms. The Kier molecular flexibility index (Phi) is 2.69. The summed E-state index contributed by atoms with van der Waals surface area (Å²) >= 11 is 0. The minimum atomic E-state index is -0.284. The van der Waals surface area contributed by atoms with E-state index in [0.29, 0.717) is 5.75 Å². The van der Waals surface area contributed by atoms with Gasteiger partial charge in [0.1, 0.15) is 17.1 Å². The zero-order chi connectivity index (χ0) is 12.8. The van der Waals surface area contributed by atoms with Crippen molar-refractivity contribution in [1.82, 2.24) is 0 Å². The van der Waals surface area contributed by atoms with Crippen molar-refractivity contribution in [2.75, 3.05) is 0 Å². The van der Waals surface area contributed by atoms with Crippen LogP contribution >= 0.6 is 0 Å². The Morgan fingerprint density at radius 1 is 1.24 bits per heavy atom. The SMILES string of the molecule is C=CC1(C)CCc2c(C)c(O)c(C)c(C)c2O1. The molecule has 0 saturated heterocycles. The number of rotatable bonds is 1. The Hall–Kier alpha value is -1.44. The zero-order valence-corrected chi connectivity index (χ0v) is 11.1. The van der Waals surface area contributed by atoms with E-state index in [2.05, 4.69) is 13.5 Å². The van der Waals surface area contributed by atoms with Gasteiger partial charge in [-0.25, -0.2) is 0 Å². The second kappa shape index (κ2) is 3.80. The number of hydrogen-bond donors (Lipinski definition) is 1. The second-order valence-electron chi connectivity index (χ2n) is 5.15. The number of benzene rings is 1. The fraction of sp³-hybridized carbons (Fsp3) is 0.467. The normalized spacial score (nSPS) is 22.8. The lowest BCUT2D eigenvalue weighted by Gasteiger charge is -2.35. The maximum Gasteiger partial charge on any atom is 0.127 e. The van der Waals surface area contributed by atoms with Crippen LogP contribution in [0, 0.1) is 20.8 Å². The third kappa shape index (κ3) is 1.72. The number of phenols is 1. The first-order valence-corrected chi connectivity index (χ1v) is 6.04. The summed E-state index contributed by atoms with van der Waals surface area (Å²) in [6.45, 7) is 11.8. The molecule has 1 aromatic rings. The maximum atomic E-state index is 10.1. The molecule has 92 valence electrons. The third-order valence-electron chi connectivity index (χ3n) is 3.98. The predicted octanol–water partition coefficient (Wildman–Crippen LogP) is 3.59. The summed E-state index contributed by atoms with van der Waals surface area (Å²) in [5, 5.41) is 10.1. The van der Waals surface area contributed by atoms with Gasteiger partial charge in [-0.05, 0) is 63.3 Å². The average Bonchev–Trinajstić information content (AvgIpc) is 2.33. The van der Waals surface area contributed by atoms with Crippen LogP contribution in [0.25, 0.3) is 0 Å². The fourth-order valence-electron chi connectivity index (χ4n) is 2.41. The third-order valence-corrected chi connectivity index (χ3v) is 3.98. The van der Waals surface area contributed by atoms with Crippen LogP contribution in [0.2, 0.25) is 0 Å². The Bertz CT molecular complexity index is 488. The largest absolute Gasteiger partial charge is 0.507 e. The number of phenolic OH excluding ortho intramolecular Hbond substituents is 1. The monoisotopic (exact) mass is 232 g/mol. The molecule has 1 atom stereocenters. The van der Waals surface area contributed by atoms with E-state index in [-0.39, 0.29) is 5.60 Å². The van der Waals surface area contributed by atoms with Crippen LogP contribution < -0.4 is 4.74 Å². The van der Waals surface area contributed by atoms with Crippen LogP contribution in [-0.4, -0.2) is 10.7 Å². The molecule has 0 aromatic heterocycles. The van der Waals surface area contributed by atoms with Crippen molar-refractivity contribution in [2.45, 2.75) is 46.1 Å². The van der Waals surface area contributed by atoms with Crippen molar-refractivity contribution in [3.05, 3.63) is 34.9 Å². The van der Waals surface area contributed by atoms with Crippen molar-refractivity contribution in [3.63, 3.8) is 0 Å². The summed E-state index contributed by atoms with van der Waals surface area (Å²) in [6, 6.07) is 0. The van der Waals surface area contributed by atoms with E-state index in [9.17, 15) is 5.11 Å². The summed E-state index contributed by atoms with van der Waals surface area (Å²) in [5.41, 5.74) is 3.76. The molecule has 1 aromatic carbocycles. The van der Waals surface area contributed by atoms with Gasteiger partial charge in [0.05, 0.1) is 0 Å². The van der Waals surface area contributed by atoms with E-state index in [1.807, 2.05) is 26.8 Å². The first-order valence-electron chi connectivity index (χ1n) is 6.04. The van der Waals surface area contributed by atoms with Crippen molar-refractivity contribution < 1.29 is 9.84 Å². The number of aromatic hydroxyl groups is 1. The minimum Gasteiger partial charge on any atom is -0.507 e. The van der Waals surface area contributed by atoms with Crippen LogP contribution in [0.1, 0.15) is 35.6 Å². The molecule has 2 nitrogen and oxygen atoms in total. The van der Waals surface area contributed by atoms with Crippen molar-refractivity contribution >= 4 is 0 Å². The summed E-state index contributed by atoms with van der Waals surface area (Å²) in [4.78, 5) is 0. The highest BCUT2D eigenvalue weighted by atomic mass is 16.5. The van der Waals surface area contributed by atoms with Crippen molar-refractivity contribution in [2.24, 2.45) is 0 Å². The van der Waals surface area contributed by atoms with E-state index in [4.69, 9.17) is 4.74 Å². The fourth-order valence-corrected chi connectivity index (χ4v) is 2.41. The summed E-state index contributed by atoms with van der Waals surface area (Å²) < 4.78 is 6.09. The first-order chi connectivity index (χ1) is 7.89. The molecule has 0 radical (unpaired) electrons. The number of hydrogen-bond acceptors (Lipinski definition) is 2. The van der Waals surface area contributed by atoms with Gasteiger partial charge >= 0.3 is 0 Å². The molecule has 0 aliphatic carbocycles. The van der Waals surface area contributed by atoms with Crippen LogP contribution in [0.4, 0.5) is 0 Å². The van der Waals surface area contributed by atoms with Gasteiger partial charge < -0.3 is 9.84 Å². The van der Waals surface area contributed by atoms with Crippen LogP contribution in [0.15, 0.2) is 12.7 Å². The van der Waals surface area contributed by atoms with Gasteiger partial charge in [-0.3, -0.25) is 0 Å². The molecule has 1 N–H and O–H groups in total. The minimum absolute atomic E-state index is 0.284. The zero-order valence-electron chi connectivity index (χ0n) is 11.1. The van der Waals surface area contributed by atoms with Gasteiger partial charge in [0, 0.05) is 5.56 Å². The van der Waals surface area contributed by atoms with E-state index in [0.717, 1.165) is 40.8 Å². The molecular weight excluding hydrogens is 212 g/mol. The van der Waals surface area contributed by atoms with Crippen LogP contribution in [-0.2, 0) is 6.42 Å². The smallest absolute Gasteiger partial charge is 0.127 e. The molecule has 0 fully saturated rings. The van der Waals surface area contributed by atoms with Crippen molar-refractivity contribution in [3.8, 4) is 11.5 Å². The highest BCUT2D eigenvalue weighted by Gasteiger charge is 2.31. The molecular formula is C15H20O2. The van der Waals surface area contributed by atoms with E-state index in [1.54, 1.807) is 0 Å². The Morgan fingerprint density at radius 3 is 2.47 bits per heavy atom. The predicted molar refractivity (Wildman–Crippen MR) is 69.9 cm³/mol. The Balaban J connectivity index is 2.63. The van der Waals surface area contributed by atoms with Crippen molar-refractivity contribution in [1.29, 1.82) is 0 Å². The second-order valence-corrected chi connectivity index (χ2v) is 5.15. The molecule has 0 spiro atoms. The first kappa shape index (κ1) is 12.0. The number of ether oxygens (including phenoxy) is 1. The molecule has 1 aliphatic heterocycles. The van der Waals surface area contributed by atoms with Gasteiger partial charge in [0.2, 0.25) is 0 Å². The van der Waals surface area contributed by atoms with Gasteiger partial charge in [-0.15, -0.1) is 0 Å². The topological polar surface area (TPSA) is 29.5 Å². The van der Waals surface area contributed by atoms with Crippen LogP contribution in [0.3, 0.4) is 0 Å². The van der Waals surface area contributed by atoms with Gasteiger partial charge in [0.15, 0.2) is 0 Å². The number of fused-ring (bicyclic) bond motifs is 1. The summed E-state index contributed by atoms with van der Waals surface area (Å²) in [6.07, 6.45) is 3.71. The summed E-state index contributed by atoms with van der Waals surface area (Å²) in [5.74, 6) is 1.35. The molecule has 0 saturated carbocycles. The van der Waals surface area contributed by atoms with E-state index < -0.39 is 0 Å². The average molecular weight is 232 g/mol. The van der Waals surface area contributed by atoms with E-state index in [1.165, 1.54) is 0 Å². The summed E-state index contributed by atoms with van der Waals surface area (Å²) in [7, 11) is 0. The van der Waals surface area contributed by atoms with Gasteiger partial charge in [0.25, 0.3) is 0 Å². The highest BCUT2D eigenvalue weighted by Crippen LogP contribution is 2.43. The molecule has 1 unspecified atom stereocenters. The standard InChI is InChI=1S/C15H20O2/c1-6-15(5)8-7-12-11(4)13(16)9(2)10(3)14(12)17-15/h6,16H,1,7-8H2,2-5H3. The molecule has 2 rings (SSSR count). The lowest BCUT2D eigenvalue weighted by Crippen LogP contribution is -2.34. The quantitative estimate of drug-likeness (QED) is 0.750. The van der Waals surface area contributed by atoms with Crippen LogP contribution in [0.5, 0.6) is 11.5 Å². The molecule has 0 amide bonds. The Morgan fingerprint density at radius 2 is 1.88 bits per heavy atom. The molecule has 0 bridgehead atoms. The molecule has 2 heteroatoms. The highest BCUT2D eigenvalue weighted by molar-refractivity contribution is 5.58. The van der Waals surface area contributed by atoms with Gasteiger partial charge in [-0.2, -0.15) is 0 Å². The Labute approximate surface area is 103 Å². The van der Waals surface area contributed by atoms with E-state index >= 15 is 0 Å². The lowest BCUT2D eigenvalue weighted by atomic mass is 9.87. The maximum absolute atomic E-state index is 10.1. The van der Waals surface area contributed by atoms with Gasteiger partial charge in [-0.1, -0.05) is 6.58 Å². The molecule has 1 heterocycles. The lowest BCUT2D eigenvalue weighted by molar-refractivity contribution is 0.113. The molecule has 1 aliphatic rings.